The van der Waals surface area contributed by atoms with E-state index in [-0.39, 0.29) is 11.3 Å². The molecule has 2 rings (SSSR count). The van der Waals surface area contributed by atoms with E-state index in [0.717, 1.165) is 30.3 Å². The number of benzene rings is 2. The monoisotopic (exact) mass is 288 g/mol. The number of aromatic hydroxyl groups is 1. The second-order valence-corrected chi connectivity index (χ2v) is 4.55. The van der Waals surface area contributed by atoms with Gasteiger partial charge in [0.2, 0.25) is 0 Å². The zero-order chi connectivity index (χ0) is 15.2. The van der Waals surface area contributed by atoms with Gasteiger partial charge in [0, 0.05) is 12.2 Å². The second-order valence-electron chi connectivity index (χ2n) is 4.55. The molecule has 0 spiro atoms. The van der Waals surface area contributed by atoms with Gasteiger partial charge in [0.1, 0.15) is 11.6 Å². The highest BCUT2D eigenvalue weighted by molar-refractivity contribution is 6.06. The Morgan fingerprint density at radius 1 is 1.24 bits per heavy atom. The molecule has 0 fully saturated rings. The largest absolute Gasteiger partial charge is 0.507 e. The maximum absolute atomic E-state index is 13.2. The Kier molecular flexibility index (Phi) is 4.90. The summed E-state index contributed by atoms with van der Waals surface area (Å²) in [4.78, 5) is 12.2. The molecule has 2 aromatic rings. The lowest BCUT2D eigenvalue weighted by molar-refractivity contribution is 0.102. The molecule has 0 heterocycles. The first kappa shape index (κ1) is 15.0. The van der Waals surface area contributed by atoms with E-state index in [1.54, 1.807) is 12.1 Å². The van der Waals surface area contributed by atoms with E-state index < -0.39 is 11.7 Å². The molecule has 0 saturated heterocycles. The van der Waals surface area contributed by atoms with Crippen molar-refractivity contribution in [2.75, 3.05) is 11.9 Å². The molecule has 0 unspecified atom stereocenters. The predicted octanol–water partition coefficient (Wildman–Crippen LogP) is 2.89. The summed E-state index contributed by atoms with van der Waals surface area (Å²) < 4.78 is 13.2. The molecule has 110 valence electrons. The van der Waals surface area contributed by atoms with Crippen LogP contribution in [-0.2, 0) is 6.54 Å². The van der Waals surface area contributed by atoms with Crippen LogP contribution in [0.5, 0.6) is 5.75 Å². The second kappa shape index (κ2) is 6.85. The Morgan fingerprint density at radius 3 is 2.76 bits per heavy atom. The van der Waals surface area contributed by atoms with Crippen LogP contribution in [0.2, 0.25) is 0 Å². The van der Waals surface area contributed by atoms with Gasteiger partial charge >= 0.3 is 0 Å². The third kappa shape index (κ3) is 3.79. The summed E-state index contributed by atoms with van der Waals surface area (Å²) in [6, 6.07) is 10.6. The Hall–Kier alpha value is -2.40. The number of amides is 1. The number of phenols is 1. The molecular formula is C16H17FN2O2. The van der Waals surface area contributed by atoms with Gasteiger partial charge in [0.05, 0.1) is 5.56 Å². The third-order valence-corrected chi connectivity index (χ3v) is 3.03. The van der Waals surface area contributed by atoms with Crippen molar-refractivity contribution >= 4 is 11.6 Å². The smallest absolute Gasteiger partial charge is 0.259 e. The van der Waals surface area contributed by atoms with Crippen molar-refractivity contribution in [1.82, 2.24) is 5.32 Å². The number of hydrogen-bond acceptors (Lipinski definition) is 3. The number of hydrogen-bond donors (Lipinski definition) is 3. The van der Waals surface area contributed by atoms with Crippen LogP contribution >= 0.6 is 0 Å². The number of anilines is 1. The van der Waals surface area contributed by atoms with Gasteiger partial charge in [-0.3, -0.25) is 4.79 Å². The van der Waals surface area contributed by atoms with Gasteiger partial charge < -0.3 is 15.7 Å². The molecular weight excluding hydrogens is 271 g/mol. The van der Waals surface area contributed by atoms with E-state index >= 15 is 0 Å². The summed E-state index contributed by atoms with van der Waals surface area (Å²) in [5, 5.41) is 15.5. The van der Waals surface area contributed by atoms with Gasteiger partial charge in [-0.25, -0.2) is 4.39 Å². The summed E-state index contributed by atoms with van der Waals surface area (Å²) in [7, 11) is 0. The fourth-order valence-electron chi connectivity index (χ4n) is 1.94. The van der Waals surface area contributed by atoms with E-state index in [1.165, 1.54) is 0 Å². The van der Waals surface area contributed by atoms with Crippen LogP contribution in [0, 0.1) is 5.82 Å². The van der Waals surface area contributed by atoms with Gasteiger partial charge in [-0.2, -0.15) is 0 Å². The Balaban J connectivity index is 2.21. The van der Waals surface area contributed by atoms with E-state index in [2.05, 4.69) is 10.6 Å². The van der Waals surface area contributed by atoms with E-state index in [9.17, 15) is 14.3 Å². The van der Waals surface area contributed by atoms with Crippen molar-refractivity contribution < 1.29 is 14.3 Å². The first-order valence-corrected chi connectivity index (χ1v) is 6.70. The van der Waals surface area contributed by atoms with Crippen LogP contribution in [0.3, 0.4) is 0 Å². The molecule has 0 saturated carbocycles. The van der Waals surface area contributed by atoms with Gasteiger partial charge in [-0.05, 0) is 36.4 Å². The molecule has 0 aromatic heterocycles. The topological polar surface area (TPSA) is 61.4 Å². The summed E-state index contributed by atoms with van der Waals surface area (Å²) >= 11 is 0. The lowest BCUT2D eigenvalue weighted by Crippen LogP contribution is -2.17. The van der Waals surface area contributed by atoms with Crippen molar-refractivity contribution in [3.63, 3.8) is 0 Å². The molecule has 21 heavy (non-hydrogen) atoms. The number of nitrogens with one attached hydrogen (secondary N) is 2. The minimum atomic E-state index is -0.570. The highest BCUT2D eigenvalue weighted by atomic mass is 19.1. The Morgan fingerprint density at radius 2 is 2.00 bits per heavy atom. The normalized spacial score (nSPS) is 10.4. The zero-order valence-corrected chi connectivity index (χ0v) is 11.7. The number of phenolic OH excluding ortho intramolecular Hbond substituents is 1. The molecule has 2 aromatic carbocycles. The average molecular weight is 288 g/mol. The number of halogens is 1. The molecule has 0 aliphatic carbocycles. The fourth-order valence-corrected chi connectivity index (χ4v) is 1.94. The maximum atomic E-state index is 13.2. The minimum absolute atomic E-state index is 0.0896. The van der Waals surface area contributed by atoms with Crippen LogP contribution in [0.15, 0.2) is 42.5 Å². The molecule has 4 nitrogen and oxygen atoms in total. The molecule has 0 radical (unpaired) electrons. The average Bonchev–Trinajstić information content (AvgIpc) is 2.48. The summed E-state index contributed by atoms with van der Waals surface area (Å²) in [5.74, 6) is -1.37. The summed E-state index contributed by atoms with van der Waals surface area (Å²) in [6.07, 6.45) is 0. The first-order chi connectivity index (χ1) is 10.1. The fraction of sp³-hybridized carbons (Fsp3) is 0.188. The zero-order valence-electron chi connectivity index (χ0n) is 11.7. The molecule has 0 aliphatic heterocycles. The van der Waals surface area contributed by atoms with E-state index in [4.69, 9.17) is 0 Å². The highest BCUT2D eigenvalue weighted by Gasteiger charge is 2.13. The van der Waals surface area contributed by atoms with Gasteiger partial charge in [-0.15, -0.1) is 0 Å². The molecule has 0 atom stereocenters. The van der Waals surface area contributed by atoms with Gasteiger partial charge in [-0.1, -0.05) is 25.1 Å². The van der Waals surface area contributed by atoms with Crippen molar-refractivity contribution in [2.24, 2.45) is 0 Å². The molecule has 0 aliphatic rings. The standard InChI is InChI=1S/C16H17FN2O2/c1-2-18-10-11-5-3-4-6-14(11)19-16(21)13-9-12(17)7-8-15(13)20/h3-9,18,20H,2,10H2,1H3,(H,19,21). The van der Waals surface area contributed by atoms with Gasteiger partial charge in [0.15, 0.2) is 0 Å². The number of carbonyl (C=O) groups excluding carboxylic acids is 1. The predicted molar refractivity (Wildman–Crippen MR) is 79.8 cm³/mol. The van der Waals surface area contributed by atoms with Crippen molar-refractivity contribution in [2.45, 2.75) is 13.5 Å². The van der Waals surface area contributed by atoms with Crippen LogP contribution in [-0.4, -0.2) is 17.6 Å². The maximum Gasteiger partial charge on any atom is 0.259 e. The van der Waals surface area contributed by atoms with Crippen molar-refractivity contribution in [3.05, 3.63) is 59.4 Å². The molecule has 3 N–H and O–H groups in total. The van der Waals surface area contributed by atoms with Crippen molar-refractivity contribution in [3.8, 4) is 5.75 Å². The Bertz CT molecular complexity index is 644. The van der Waals surface area contributed by atoms with Crippen LogP contribution in [0.4, 0.5) is 10.1 Å². The van der Waals surface area contributed by atoms with Gasteiger partial charge in [0.25, 0.3) is 5.91 Å². The molecule has 1 amide bonds. The van der Waals surface area contributed by atoms with Crippen LogP contribution in [0.1, 0.15) is 22.8 Å². The van der Waals surface area contributed by atoms with Crippen molar-refractivity contribution in [1.29, 1.82) is 0 Å². The molecule has 0 bridgehead atoms. The number of para-hydroxylation sites is 1. The minimum Gasteiger partial charge on any atom is -0.507 e. The SMILES string of the molecule is CCNCc1ccccc1NC(=O)c1cc(F)ccc1O. The number of rotatable bonds is 5. The van der Waals surface area contributed by atoms with E-state index in [0.29, 0.717) is 12.2 Å². The third-order valence-electron chi connectivity index (χ3n) is 3.03. The first-order valence-electron chi connectivity index (χ1n) is 6.70. The lowest BCUT2D eigenvalue weighted by atomic mass is 10.1. The van der Waals surface area contributed by atoms with Crippen LogP contribution < -0.4 is 10.6 Å². The molecule has 5 heteroatoms. The highest BCUT2D eigenvalue weighted by Crippen LogP contribution is 2.21. The van der Waals surface area contributed by atoms with E-state index in [1.807, 2.05) is 19.1 Å². The quantitative estimate of drug-likeness (QED) is 0.793. The summed E-state index contributed by atoms with van der Waals surface area (Å²) in [6.45, 7) is 3.42. The summed E-state index contributed by atoms with van der Waals surface area (Å²) in [5.41, 5.74) is 1.46. The Labute approximate surface area is 122 Å². The van der Waals surface area contributed by atoms with Crippen LogP contribution in [0.25, 0.3) is 0 Å². The number of carbonyl (C=O) groups is 1. The lowest BCUT2D eigenvalue weighted by Gasteiger charge is -2.12.